The van der Waals surface area contributed by atoms with Gasteiger partial charge in [0.15, 0.2) is 0 Å². The minimum atomic E-state index is -0.343. The molecule has 132 valence electrons. The van der Waals surface area contributed by atoms with Crippen LogP contribution in [0, 0.1) is 12.7 Å². The van der Waals surface area contributed by atoms with Crippen LogP contribution in [0.5, 0.6) is 0 Å². The highest BCUT2D eigenvalue weighted by Crippen LogP contribution is 2.17. The van der Waals surface area contributed by atoms with Crippen LogP contribution < -0.4 is 10.2 Å². The zero-order chi connectivity index (χ0) is 17.8. The van der Waals surface area contributed by atoms with Crippen LogP contribution in [-0.4, -0.2) is 53.5 Å². The lowest BCUT2D eigenvalue weighted by atomic mass is 10.2. The number of aromatic nitrogens is 2. The van der Waals surface area contributed by atoms with E-state index in [1.165, 1.54) is 24.3 Å². The van der Waals surface area contributed by atoms with E-state index in [1.807, 2.05) is 0 Å². The summed E-state index contributed by atoms with van der Waals surface area (Å²) in [4.78, 5) is 25.7. The number of carbonyl (C=O) groups is 1. The van der Waals surface area contributed by atoms with Gasteiger partial charge in [-0.2, -0.15) is 0 Å². The van der Waals surface area contributed by atoms with Gasteiger partial charge in [-0.25, -0.2) is 14.4 Å². The fourth-order valence-electron chi connectivity index (χ4n) is 2.85. The maximum absolute atomic E-state index is 13.0. The van der Waals surface area contributed by atoms with Crippen LogP contribution in [0.3, 0.4) is 0 Å². The molecule has 7 heteroatoms. The second kappa shape index (κ2) is 7.57. The Morgan fingerprint density at radius 1 is 1.16 bits per heavy atom. The molecule has 1 aromatic carbocycles. The highest BCUT2D eigenvalue weighted by atomic mass is 19.1. The summed E-state index contributed by atoms with van der Waals surface area (Å²) < 4.78 is 13.0. The Balaban J connectivity index is 1.74. The number of nitrogens with zero attached hydrogens (tertiary/aromatic N) is 4. The third kappa shape index (κ3) is 4.30. The first-order valence-electron chi connectivity index (χ1n) is 8.45. The Labute approximate surface area is 146 Å². The summed E-state index contributed by atoms with van der Waals surface area (Å²) in [5.41, 5.74) is 0.838. The molecule has 0 spiro atoms. The highest BCUT2D eigenvalue weighted by molar-refractivity contribution is 6.03. The Bertz CT molecular complexity index is 742. The predicted octanol–water partition coefficient (Wildman–Crippen LogP) is 2.32. The normalized spacial score (nSPS) is 15.2. The predicted molar refractivity (Wildman–Crippen MR) is 95.4 cm³/mol. The highest BCUT2D eigenvalue weighted by Gasteiger charge is 2.19. The maximum Gasteiger partial charge on any atom is 0.274 e. The van der Waals surface area contributed by atoms with E-state index in [-0.39, 0.29) is 11.7 Å². The molecule has 1 aliphatic rings. The molecular weight excluding hydrogens is 321 g/mol. The molecule has 0 unspecified atom stereocenters. The molecule has 0 radical (unpaired) electrons. The Morgan fingerprint density at radius 3 is 2.48 bits per heavy atom. The summed E-state index contributed by atoms with van der Waals surface area (Å²) in [5, 5.41) is 2.74. The van der Waals surface area contributed by atoms with E-state index in [9.17, 15) is 9.18 Å². The van der Waals surface area contributed by atoms with Crippen LogP contribution in [-0.2, 0) is 0 Å². The second-order valence-electron chi connectivity index (χ2n) is 6.04. The van der Waals surface area contributed by atoms with Crippen LogP contribution in [0.25, 0.3) is 0 Å². The smallest absolute Gasteiger partial charge is 0.274 e. The van der Waals surface area contributed by atoms with Crippen molar-refractivity contribution in [1.29, 1.82) is 0 Å². The molecule has 2 heterocycles. The van der Waals surface area contributed by atoms with Gasteiger partial charge in [0.1, 0.15) is 23.2 Å². The molecule has 1 aromatic heterocycles. The molecule has 1 N–H and O–H groups in total. The number of rotatable bonds is 4. The summed E-state index contributed by atoms with van der Waals surface area (Å²) in [6.45, 7) is 8.70. The van der Waals surface area contributed by atoms with Crippen LogP contribution in [0.1, 0.15) is 23.2 Å². The zero-order valence-electron chi connectivity index (χ0n) is 14.5. The average Bonchev–Trinajstić information content (AvgIpc) is 2.63. The van der Waals surface area contributed by atoms with E-state index in [2.05, 4.69) is 32.0 Å². The SMILES string of the molecule is CCN1CCN(c2cc(C(=O)Nc3ccc(F)cc3)nc(C)n2)CC1. The molecule has 0 atom stereocenters. The minimum Gasteiger partial charge on any atom is -0.354 e. The third-order valence-corrected chi connectivity index (χ3v) is 4.30. The van der Waals surface area contributed by atoms with Gasteiger partial charge in [-0.05, 0) is 37.7 Å². The van der Waals surface area contributed by atoms with Crippen LogP contribution in [0.2, 0.25) is 0 Å². The van der Waals surface area contributed by atoms with Gasteiger partial charge < -0.3 is 15.1 Å². The number of amides is 1. The van der Waals surface area contributed by atoms with Crippen molar-refractivity contribution in [2.24, 2.45) is 0 Å². The molecule has 1 amide bonds. The molecule has 3 rings (SSSR count). The topological polar surface area (TPSA) is 61.4 Å². The van der Waals surface area contributed by atoms with E-state index in [0.29, 0.717) is 17.2 Å². The molecule has 25 heavy (non-hydrogen) atoms. The van der Waals surface area contributed by atoms with Crippen LogP contribution in [0.15, 0.2) is 30.3 Å². The molecule has 1 aliphatic heterocycles. The second-order valence-corrected chi connectivity index (χ2v) is 6.04. The summed E-state index contributed by atoms with van der Waals surface area (Å²) in [6, 6.07) is 7.37. The van der Waals surface area contributed by atoms with Crippen molar-refractivity contribution in [3.05, 3.63) is 47.7 Å². The largest absolute Gasteiger partial charge is 0.354 e. The Kier molecular flexibility index (Phi) is 5.23. The van der Waals surface area contributed by atoms with Gasteiger partial charge in [-0.15, -0.1) is 0 Å². The quantitative estimate of drug-likeness (QED) is 0.923. The fourth-order valence-corrected chi connectivity index (χ4v) is 2.85. The van der Waals surface area contributed by atoms with Crippen molar-refractivity contribution in [3.63, 3.8) is 0 Å². The number of piperazine rings is 1. The van der Waals surface area contributed by atoms with Crippen LogP contribution in [0.4, 0.5) is 15.9 Å². The van der Waals surface area contributed by atoms with Gasteiger partial charge >= 0.3 is 0 Å². The Morgan fingerprint density at radius 2 is 1.84 bits per heavy atom. The van der Waals surface area contributed by atoms with Crippen molar-refractivity contribution in [3.8, 4) is 0 Å². The number of likely N-dealkylation sites (N-methyl/N-ethyl adjacent to an activating group) is 1. The van der Waals surface area contributed by atoms with E-state index in [1.54, 1.807) is 13.0 Å². The van der Waals surface area contributed by atoms with Crippen molar-refractivity contribution < 1.29 is 9.18 Å². The number of carbonyl (C=O) groups excluding carboxylic acids is 1. The summed E-state index contributed by atoms with van der Waals surface area (Å²) in [6.07, 6.45) is 0. The molecule has 0 saturated carbocycles. The van der Waals surface area contributed by atoms with Crippen molar-refractivity contribution in [2.45, 2.75) is 13.8 Å². The molecule has 0 aliphatic carbocycles. The fraction of sp³-hybridized carbons (Fsp3) is 0.389. The number of aryl methyl sites for hydroxylation is 1. The summed E-state index contributed by atoms with van der Waals surface area (Å²) >= 11 is 0. The molecule has 1 fully saturated rings. The van der Waals surface area contributed by atoms with E-state index < -0.39 is 0 Å². The summed E-state index contributed by atoms with van der Waals surface area (Å²) in [7, 11) is 0. The lowest BCUT2D eigenvalue weighted by molar-refractivity contribution is 0.102. The standard InChI is InChI=1S/C18H22FN5O/c1-3-23-8-10-24(11-9-23)17-12-16(20-13(2)21-17)18(25)22-15-6-4-14(19)5-7-15/h4-7,12H,3,8-11H2,1-2H3,(H,22,25). The molecular formula is C18H22FN5O. The molecule has 0 bridgehead atoms. The Hall–Kier alpha value is -2.54. The lowest BCUT2D eigenvalue weighted by Gasteiger charge is -2.34. The van der Waals surface area contributed by atoms with Crippen molar-refractivity contribution in [1.82, 2.24) is 14.9 Å². The number of halogens is 1. The van der Waals surface area contributed by atoms with Gasteiger partial charge in [0.2, 0.25) is 0 Å². The van der Waals surface area contributed by atoms with Gasteiger partial charge in [0, 0.05) is 37.9 Å². The van der Waals surface area contributed by atoms with Crippen LogP contribution >= 0.6 is 0 Å². The monoisotopic (exact) mass is 343 g/mol. The molecule has 1 saturated heterocycles. The number of benzene rings is 1. The zero-order valence-corrected chi connectivity index (χ0v) is 14.5. The maximum atomic E-state index is 13.0. The van der Waals surface area contributed by atoms with Gasteiger partial charge in [-0.3, -0.25) is 4.79 Å². The lowest BCUT2D eigenvalue weighted by Crippen LogP contribution is -2.46. The third-order valence-electron chi connectivity index (χ3n) is 4.30. The first-order valence-corrected chi connectivity index (χ1v) is 8.45. The van der Waals surface area contributed by atoms with E-state index in [0.717, 1.165) is 38.5 Å². The van der Waals surface area contributed by atoms with Gasteiger partial charge in [0.25, 0.3) is 5.91 Å². The average molecular weight is 343 g/mol. The van der Waals surface area contributed by atoms with Crippen molar-refractivity contribution in [2.75, 3.05) is 42.9 Å². The first-order chi connectivity index (χ1) is 12.0. The van der Waals surface area contributed by atoms with Gasteiger partial charge in [-0.1, -0.05) is 6.92 Å². The van der Waals surface area contributed by atoms with E-state index in [4.69, 9.17) is 0 Å². The summed E-state index contributed by atoms with van der Waals surface area (Å²) in [5.74, 6) is 0.655. The number of anilines is 2. The van der Waals surface area contributed by atoms with Gasteiger partial charge in [0.05, 0.1) is 0 Å². The minimum absolute atomic E-state index is 0.310. The number of hydrogen-bond acceptors (Lipinski definition) is 5. The van der Waals surface area contributed by atoms with Crippen molar-refractivity contribution >= 4 is 17.4 Å². The molecule has 2 aromatic rings. The number of hydrogen-bond donors (Lipinski definition) is 1. The first kappa shape index (κ1) is 17.3. The number of nitrogens with one attached hydrogen (secondary N) is 1. The molecule has 6 nitrogen and oxygen atoms in total. The van der Waals surface area contributed by atoms with E-state index >= 15 is 0 Å².